The van der Waals surface area contributed by atoms with Gasteiger partial charge in [-0.1, -0.05) is 0 Å². The van der Waals surface area contributed by atoms with Crippen LogP contribution in [0.1, 0.15) is 5.56 Å². The van der Waals surface area contributed by atoms with Gasteiger partial charge in [-0.2, -0.15) is 0 Å². The van der Waals surface area contributed by atoms with E-state index >= 15 is 0 Å². The molecule has 1 aromatic rings. The van der Waals surface area contributed by atoms with Crippen molar-refractivity contribution in [3.8, 4) is 0 Å². The van der Waals surface area contributed by atoms with E-state index in [4.69, 9.17) is 11.9 Å². The summed E-state index contributed by atoms with van der Waals surface area (Å²) in [6.07, 6.45) is 2.08. The van der Waals surface area contributed by atoms with E-state index in [0.717, 1.165) is 9.33 Å². The van der Waals surface area contributed by atoms with Gasteiger partial charge in [0.2, 0.25) is 0 Å². The molecule has 2 N–H and O–H groups in total. The molecule has 0 saturated carbocycles. The van der Waals surface area contributed by atoms with Crippen molar-refractivity contribution in [2.45, 2.75) is 6.54 Å². The van der Waals surface area contributed by atoms with Crippen LogP contribution in [0.3, 0.4) is 0 Å². The Morgan fingerprint density at radius 2 is 1.88 bits per heavy atom. The molecule has 0 amide bonds. The van der Waals surface area contributed by atoms with Crippen molar-refractivity contribution in [1.29, 1.82) is 0 Å². The van der Waals surface area contributed by atoms with Crippen LogP contribution in [0.4, 0.5) is 0 Å². The molecular formula is C11H19NO2SSn. The van der Waals surface area contributed by atoms with Crippen molar-refractivity contribution in [2.24, 2.45) is 5.73 Å². The first-order valence-corrected chi connectivity index (χ1v) is 12.3. The van der Waals surface area contributed by atoms with Crippen LogP contribution in [0.2, 0.25) is 0 Å². The topological polar surface area (TPSA) is 44.5 Å². The molecule has 16 heavy (non-hydrogen) atoms. The van der Waals surface area contributed by atoms with E-state index in [1.807, 2.05) is 12.1 Å². The van der Waals surface area contributed by atoms with E-state index in [-0.39, 0.29) is 0 Å². The Labute approximate surface area is 107 Å². The monoisotopic (exact) mass is 349 g/mol. The zero-order chi connectivity index (χ0) is 12.0. The first-order chi connectivity index (χ1) is 7.74. The van der Waals surface area contributed by atoms with Crippen LogP contribution in [0, 0.1) is 0 Å². The van der Waals surface area contributed by atoms with Gasteiger partial charge in [0.25, 0.3) is 0 Å². The summed E-state index contributed by atoms with van der Waals surface area (Å²) in [6, 6.07) is 8.19. The average molecular weight is 348 g/mol. The molecule has 5 heteroatoms. The summed E-state index contributed by atoms with van der Waals surface area (Å²) >= 11 is -1.35. The van der Waals surface area contributed by atoms with Crippen LogP contribution >= 0.6 is 11.8 Å². The fraction of sp³-hybridized carbons (Fsp3) is 0.455. The second-order valence-electron chi connectivity index (χ2n) is 3.46. The Morgan fingerprint density at radius 3 is 2.38 bits per heavy atom. The third kappa shape index (κ3) is 2.92. The Bertz CT molecular complexity index is 332. The van der Waals surface area contributed by atoms with Gasteiger partial charge in [-0.3, -0.25) is 0 Å². The number of hydrogen-bond acceptors (Lipinski definition) is 4. The minimum atomic E-state index is -3.12. The van der Waals surface area contributed by atoms with Gasteiger partial charge in [-0.15, -0.1) is 0 Å². The summed E-state index contributed by atoms with van der Waals surface area (Å²) in [7, 11) is 3.51. The molecule has 0 heterocycles. The van der Waals surface area contributed by atoms with Gasteiger partial charge in [0, 0.05) is 0 Å². The summed E-state index contributed by atoms with van der Waals surface area (Å²) in [6.45, 7) is 0.538. The SMILES string of the molecule is C[O][Sn]([CH2]SC)([O]C)[c]1ccccc1CN. The normalized spacial score (nSPS) is 11.8. The van der Waals surface area contributed by atoms with Crippen LogP contribution < -0.4 is 9.31 Å². The molecule has 0 spiro atoms. The van der Waals surface area contributed by atoms with Crippen molar-refractivity contribution in [2.75, 3.05) is 24.2 Å². The molecule has 0 bridgehead atoms. The van der Waals surface area contributed by atoms with Gasteiger partial charge in [0.1, 0.15) is 0 Å². The molecule has 0 unspecified atom stereocenters. The molecule has 0 aliphatic rings. The van der Waals surface area contributed by atoms with E-state index in [1.54, 1.807) is 26.0 Å². The predicted molar refractivity (Wildman–Crippen MR) is 72.1 cm³/mol. The predicted octanol–water partition coefficient (Wildman–Crippen LogP) is 0.989. The van der Waals surface area contributed by atoms with E-state index in [1.165, 1.54) is 3.58 Å². The molecule has 0 aliphatic carbocycles. The number of rotatable bonds is 6. The first-order valence-electron chi connectivity index (χ1n) is 5.11. The number of nitrogens with two attached hydrogens (primary N) is 1. The van der Waals surface area contributed by atoms with Crippen molar-refractivity contribution in [1.82, 2.24) is 0 Å². The third-order valence-corrected chi connectivity index (χ3v) is 16.5. The van der Waals surface area contributed by atoms with Crippen LogP contribution in [-0.4, -0.2) is 43.4 Å². The second kappa shape index (κ2) is 6.86. The third-order valence-electron chi connectivity index (χ3n) is 2.64. The van der Waals surface area contributed by atoms with E-state index in [0.29, 0.717) is 6.54 Å². The maximum absolute atomic E-state index is 5.77. The van der Waals surface area contributed by atoms with Gasteiger partial charge < -0.3 is 0 Å². The molecule has 0 atom stereocenters. The molecule has 1 rings (SSSR count). The first kappa shape index (κ1) is 14.3. The van der Waals surface area contributed by atoms with Crippen molar-refractivity contribution in [3.63, 3.8) is 0 Å². The quantitative estimate of drug-likeness (QED) is 0.779. The fourth-order valence-electron chi connectivity index (χ4n) is 1.76. The molecule has 0 fully saturated rings. The fourth-order valence-corrected chi connectivity index (χ4v) is 13.8. The van der Waals surface area contributed by atoms with E-state index in [9.17, 15) is 0 Å². The summed E-state index contributed by atoms with van der Waals surface area (Å²) in [4.78, 5) is 0. The molecule has 0 saturated heterocycles. The van der Waals surface area contributed by atoms with Crippen LogP contribution in [0.25, 0.3) is 0 Å². The number of hydrogen-bond donors (Lipinski definition) is 1. The van der Waals surface area contributed by atoms with Crippen LogP contribution in [0.15, 0.2) is 24.3 Å². The van der Waals surface area contributed by atoms with Crippen LogP contribution in [0.5, 0.6) is 0 Å². The minimum absolute atomic E-state index is 0.538. The maximum atomic E-state index is 5.77. The van der Waals surface area contributed by atoms with Crippen molar-refractivity contribution in [3.05, 3.63) is 29.8 Å². The Kier molecular flexibility index (Phi) is 6.13. The van der Waals surface area contributed by atoms with Gasteiger partial charge in [0.05, 0.1) is 0 Å². The zero-order valence-corrected chi connectivity index (χ0v) is 13.7. The Balaban J connectivity index is 3.18. The number of thioether (sulfide) groups is 1. The number of benzene rings is 1. The standard InChI is InChI=1S/C7H8N.C2H5S.2CH3O.Sn/c8-6-7-4-2-1-3-5-7;1-3-2;2*1-2;/h1-4H,6,8H2;1H2,2H3;2*1H3;/q;;2*-1;+2. The zero-order valence-electron chi connectivity index (χ0n) is 10.0. The van der Waals surface area contributed by atoms with E-state index in [2.05, 4.69) is 18.4 Å². The second-order valence-corrected chi connectivity index (χ2v) is 15.0. The summed E-state index contributed by atoms with van der Waals surface area (Å²) < 4.78 is 13.7. The summed E-state index contributed by atoms with van der Waals surface area (Å²) in [5, 5.41) is 0. The summed E-state index contributed by atoms with van der Waals surface area (Å²) in [5.41, 5.74) is 6.92. The van der Waals surface area contributed by atoms with Crippen LogP contribution in [-0.2, 0) is 12.7 Å². The molecule has 1 aromatic carbocycles. The van der Waals surface area contributed by atoms with Gasteiger partial charge >= 0.3 is 107 Å². The molecule has 3 nitrogen and oxygen atoms in total. The molecule has 0 radical (unpaired) electrons. The molecule has 90 valence electrons. The van der Waals surface area contributed by atoms with Crippen molar-refractivity contribution >= 4 is 34.5 Å². The summed E-state index contributed by atoms with van der Waals surface area (Å²) in [5.74, 6) is 0. The van der Waals surface area contributed by atoms with Crippen molar-refractivity contribution < 1.29 is 6.15 Å². The average Bonchev–Trinajstić information content (AvgIpc) is 2.36. The van der Waals surface area contributed by atoms with Gasteiger partial charge in [0.15, 0.2) is 0 Å². The Hall–Kier alpha value is 0.249. The molecule has 0 aliphatic heterocycles. The Morgan fingerprint density at radius 1 is 1.25 bits per heavy atom. The van der Waals surface area contributed by atoms with Gasteiger partial charge in [-0.05, 0) is 0 Å². The van der Waals surface area contributed by atoms with E-state index < -0.39 is 19.2 Å². The molecular weight excluding hydrogens is 329 g/mol. The van der Waals surface area contributed by atoms with Gasteiger partial charge in [-0.25, -0.2) is 0 Å². The molecule has 0 aromatic heterocycles.